The van der Waals surface area contributed by atoms with Crippen molar-refractivity contribution in [3.05, 3.63) is 65.2 Å². The average Bonchev–Trinajstić information content (AvgIpc) is 3.21. The Bertz CT molecular complexity index is 727. The van der Waals surface area contributed by atoms with Crippen molar-refractivity contribution in [3.8, 4) is 5.75 Å². The molecule has 0 spiro atoms. The summed E-state index contributed by atoms with van der Waals surface area (Å²) >= 11 is 1.82. The molecule has 5 heteroatoms. The van der Waals surface area contributed by atoms with Crippen molar-refractivity contribution in [1.29, 1.82) is 0 Å². The van der Waals surface area contributed by atoms with E-state index in [9.17, 15) is 4.79 Å². The molecule has 1 aliphatic rings. The zero-order valence-electron chi connectivity index (χ0n) is 15.8. The summed E-state index contributed by atoms with van der Waals surface area (Å²) in [4.78, 5) is 12.3. The van der Waals surface area contributed by atoms with Crippen LogP contribution >= 0.6 is 11.8 Å². The van der Waals surface area contributed by atoms with Crippen LogP contribution < -0.4 is 10.1 Å². The fourth-order valence-corrected chi connectivity index (χ4v) is 3.72. The topological polar surface area (TPSA) is 47.6 Å². The summed E-state index contributed by atoms with van der Waals surface area (Å²) in [7, 11) is 0. The van der Waals surface area contributed by atoms with E-state index in [1.807, 2.05) is 30.0 Å². The Hall–Kier alpha value is -1.98. The van der Waals surface area contributed by atoms with Crippen LogP contribution in [0.15, 0.2) is 48.5 Å². The molecular weight excluding hydrogens is 358 g/mol. The predicted molar refractivity (Wildman–Crippen MR) is 111 cm³/mol. The quantitative estimate of drug-likeness (QED) is 0.657. The second-order valence-corrected chi connectivity index (χ2v) is 7.87. The molecule has 1 atom stereocenters. The number of thioether (sulfide) groups is 1. The molecule has 27 heavy (non-hydrogen) atoms. The highest BCUT2D eigenvalue weighted by Gasteiger charge is 2.16. The molecule has 3 rings (SSSR count). The largest absolute Gasteiger partial charge is 0.491 e. The van der Waals surface area contributed by atoms with Gasteiger partial charge in [0.15, 0.2) is 0 Å². The number of rotatable bonds is 9. The first kappa shape index (κ1) is 19.8. The first-order chi connectivity index (χ1) is 13.2. The molecule has 1 heterocycles. The van der Waals surface area contributed by atoms with Gasteiger partial charge in [0.05, 0.1) is 6.10 Å². The van der Waals surface area contributed by atoms with Gasteiger partial charge in [-0.1, -0.05) is 35.9 Å². The van der Waals surface area contributed by atoms with Crippen molar-refractivity contribution >= 4 is 17.7 Å². The van der Waals surface area contributed by atoms with E-state index in [1.54, 1.807) is 6.07 Å². The third-order valence-electron chi connectivity index (χ3n) is 4.48. The molecule has 1 fully saturated rings. The zero-order chi connectivity index (χ0) is 18.9. The molecule has 0 radical (unpaired) electrons. The highest BCUT2D eigenvalue weighted by atomic mass is 32.2. The van der Waals surface area contributed by atoms with Crippen LogP contribution in [0.2, 0.25) is 0 Å². The summed E-state index contributed by atoms with van der Waals surface area (Å²) in [6.45, 7) is 4.10. The molecule has 0 bridgehead atoms. The van der Waals surface area contributed by atoms with Crippen LogP contribution in [0.1, 0.15) is 34.3 Å². The molecule has 1 N–H and O–H groups in total. The maximum Gasteiger partial charge on any atom is 0.251 e. The lowest BCUT2D eigenvalue weighted by Crippen LogP contribution is -2.25. The van der Waals surface area contributed by atoms with Crippen molar-refractivity contribution in [3.63, 3.8) is 0 Å². The Kier molecular flexibility index (Phi) is 7.60. The third kappa shape index (κ3) is 6.60. The van der Waals surface area contributed by atoms with Gasteiger partial charge in [-0.25, -0.2) is 0 Å². The van der Waals surface area contributed by atoms with Crippen LogP contribution in [-0.2, 0) is 10.5 Å². The number of ether oxygens (including phenoxy) is 2. The van der Waals surface area contributed by atoms with Crippen LogP contribution in [-0.4, -0.2) is 37.5 Å². The van der Waals surface area contributed by atoms with E-state index in [2.05, 4.69) is 36.5 Å². The van der Waals surface area contributed by atoms with Gasteiger partial charge in [0.2, 0.25) is 0 Å². The van der Waals surface area contributed by atoms with E-state index in [4.69, 9.17) is 9.47 Å². The van der Waals surface area contributed by atoms with E-state index in [0.29, 0.717) is 24.5 Å². The van der Waals surface area contributed by atoms with Crippen LogP contribution in [0.3, 0.4) is 0 Å². The standard InChI is InChI=1S/C22H27NO3S/c1-17-7-9-18(10-8-17)16-27-13-11-23-22(24)19-4-2-5-20(14-19)26-15-21-6-3-12-25-21/h2,4-5,7-10,14,21H,3,6,11-13,15-16H2,1H3,(H,23,24). The van der Waals surface area contributed by atoms with Gasteiger partial charge in [-0.2, -0.15) is 11.8 Å². The van der Waals surface area contributed by atoms with Gasteiger partial charge in [-0.05, 0) is 43.5 Å². The number of carbonyl (C=O) groups excluding carboxylic acids is 1. The van der Waals surface area contributed by atoms with Crippen LogP contribution in [0.25, 0.3) is 0 Å². The average molecular weight is 386 g/mol. The normalized spacial score (nSPS) is 16.3. The highest BCUT2D eigenvalue weighted by Crippen LogP contribution is 2.17. The molecular formula is C22H27NO3S. The van der Waals surface area contributed by atoms with Crippen LogP contribution in [0, 0.1) is 6.92 Å². The monoisotopic (exact) mass is 385 g/mol. The second-order valence-electron chi connectivity index (χ2n) is 6.77. The fourth-order valence-electron chi connectivity index (χ4n) is 2.91. The van der Waals surface area contributed by atoms with Crippen molar-refractivity contribution in [1.82, 2.24) is 5.32 Å². The summed E-state index contributed by atoms with van der Waals surface area (Å²) < 4.78 is 11.3. The zero-order valence-corrected chi connectivity index (χ0v) is 16.6. The maximum absolute atomic E-state index is 12.3. The number of hydrogen-bond donors (Lipinski definition) is 1. The van der Waals surface area contributed by atoms with Gasteiger partial charge >= 0.3 is 0 Å². The molecule has 4 nitrogen and oxygen atoms in total. The predicted octanol–water partition coefficient (Wildman–Crippen LogP) is 4.22. The number of nitrogens with one attached hydrogen (secondary N) is 1. The van der Waals surface area contributed by atoms with E-state index < -0.39 is 0 Å². The van der Waals surface area contributed by atoms with Gasteiger partial charge in [0.25, 0.3) is 5.91 Å². The second kappa shape index (κ2) is 10.4. The molecule has 0 aliphatic carbocycles. The first-order valence-corrected chi connectivity index (χ1v) is 10.6. The van der Waals surface area contributed by atoms with Crippen molar-refractivity contribution in [2.24, 2.45) is 0 Å². The summed E-state index contributed by atoms with van der Waals surface area (Å²) in [6.07, 6.45) is 2.31. The molecule has 0 saturated carbocycles. The van der Waals surface area contributed by atoms with Crippen molar-refractivity contribution < 1.29 is 14.3 Å². The van der Waals surface area contributed by atoms with Gasteiger partial charge in [-0.3, -0.25) is 4.79 Å². The summed E-state index contributed by atoms with van der Waals surface area (Å²) in [5, 5.41) is 2.98. The molecule has 0 aromatic heterocycles. The molecule has 2 aromatic carbocycles. The Morgan fingerprint density at radius 3 is 2.89 bits per heavy atom. The van der Waals surface area contributed by atoms with Crippen molar-refractivity contribution in [2.45, 2.75) is 31.6 Å². The van der Waals surface area contributed by atoms with E-state index in [1.165, 1.54) is 11.1 Å². The summed E-state index contributed by atoms with van der Waals surface area (Å²) in [5.41, 5.74) is 3.22. The Labute approximate surface area is 165 Å². The lowest BCUT2D eigenvalue weighted by molar-refractivity contribution is 0.0679. The molecule has 1 saturated heterocycles. The Morgan fingerprint density at radius 2 is 2.11 bits per heavy atom. The summed E-state index contributed by atoms with van der Waals surface area (Å²) in [5.74, 6) is 2.50. The minimum Gasteiger partial charge on any atom is -0.491 e. The third-order valence-corrected chi connectivity index (χ3v) is 5.51. The Morgan fingerprint density at radius 1 is 1.26 bits per heavy atom. The minimum absolute atomic E-state index is 0.0616. The van der Waals surface area contributed by atoms with Crippen LogP contribution in [0.4, 0.5) is 0 Å². The van der Waals surface area contributed by atoms with E-state index in [-0.39, 0.29) is 12.0 Å². The van der Waals surface area contributed by atoms with Crippen molar-refractivity contribution in [2.75, 3.05) is 25.5 Å². The fraction of sp³-hybridized carbons (Fsp3) is 0.409. The number of amides is 1. The Balaban J connectivity index is 1.37. The molecule has 1 unspecified atom stereocenters. The number of aryl methyl sites for hydroxylation is 1. The van der Waals surface area contributed by atoms with Gasteiger partial charge in [0.1, 0.15) is 12.4 Å². The molecule has 144 valence electrons. The molecule has 2 aromatic rings. The maximum atomic E-state index is 12.3. The number of hydrogen-bond acceptors (Lipinski definition) is 4. The van der Waals surface area contributed by atoms with Gasteiger partial charge < -0.3 is 14.8 Å². The van der Waals surface area contributed by atoms with Gasteiger partial charge in [0, 0.05) is 30.2 Å². The number of benzene rings is 2. The van der Waals surface area contributed by atoms with Crippen LogP contribution in [0.5, 0.6) is 5.75 Å². The molecule has 1 amide bonds. The lowest BCUT2D eigenvalue weighted by Gasteiger charge is -2.12. The van der Waals surface area contributed by atoms with Gasteiger partial charge in [-0.15, -0.1) is 0 Å². The molecule has 1 aliphatic heterocycles. The van der Waals surface area contributed by atoms with E-state index >= 15 is 0 Å². The first-order valence-electron chi connectivity index (χ1n) is 9.46. The summed E-state index contributed by atoms with van der Waals surface area (Å²) in [6, 6.07) is 15.9. The smallest absolute Gasteiger partial charge is 0.251 e. The highest BCUT2D eigenvalue weighted by molar-refractivity contribution is 7.98. The lowest BCUT2D eigenvalue weighted by atomic mass is 10.2. The minimum atomic E-state index is -0.0616. The SMILES string of the molecule is Cc1ccc(CSCCNC(=O)c2cccc(OCC3CCCO3)c2)cc1. The number of carbonyl (C=O) groups is 1. The van der Waals surface area contributed by atoms with E-state index in [0.717, 1.165) is 31.0 Å².